The maximum absolute atomic E-state index is 10.8. The van der Waals surface area contributed by atoms with Gasteiger partial charge >= 0.3 is 0 Å². The molecule has 1 aliphatic carbocycles. The second kappa shape index (κ2) is 4.00. The molecule has 0 amide bonds. The summed E-state index contributed by atoms with van der Waals surface area (Å²) in [5, 5.41) is 4.93. The van der Waals surface area contributed by atoms with Gasteiger partial charge in [-0.2, -0.15) is 5.10 Å². The van der Waals surface area contributed by atoms with Crippen LogP contribution in [0.5, 0.6) is 0 Å². The first kappa shape index (κ1) is 10.5. The SMILES string of the molecule is O=Cc1cc(C2CC2)n(-c2ccccc2Cl)n1. The summed E-state index contributed by atoms with van der Waals surface area (Å²) in [5.74, 6) is 0.521. The molecular formula is C13H11ClN2O. The standard InChI is InChI=1S/C13H11ClN2O/c14-11-3-1-2-4-12(11)16-13(9-5-6-9)7-10(8-17)15-16/h1-4,7-9H,5-6H2. The normalized spacial score (nSPS) is 14.9. The van der Waals surface area contributed by atoms with Crippen LogP contribution in [-0.4, -0.2) is 16.1 Å². The fourth-order valence-electron chi connectivity index (χ4n) is 1.96. The van der Waals surface area contributed by atoms with Gasteiger partial charge in [-0.15, -0.1) is 0 Å². The number of hydrogen-bond acceptors (Lipinski definition) is 2. The molecule has 0 saturated heterocycles. The van der Waals surface area contributed by atoms with Gasteiger partial charge in [0.05, 0.1) is 10.7 Å². The summed E-state index contributed by atoms with van der Waals surface area (Å²) in [4.78, 5) is 10.8. The molecule has 0 unspecified atom stereocenters. The molecule has 0 aliphatic heterocycles. The molecule has 86 valence electrons. The molecule has 1 fully saturated rings. The van der Waals surface area contributed by atoms with Crippen LogP contribution in [0, 0.1) is 0 Å². The van der Waals surface area contributed by atoms with Crippen molar-refractivity contribution in [1.82, 2.24) is 9.78 Å². The van der Waals surface area contributed by atoms with Crippen molar-refractivity contribution in [3.8, 4) is 5.69 Å². The molecule has 0 atom stereocenters. The van der Waals surface area contributed by atoms with Crippen molar-refractivity contribution in [2.45, 2.75) is 18.8 Å². The molecule has 3 rings (SSSR count). The van der Waals surface area contributed by atoms with Crippen molar-refractivity contribution in [2.24, 2.45) is 0 Å². The zero-order valence-electron chi connectivity index (χ0n) is 9.14. The quantitative estimate of drug-likeness (QED) is 0.780. The van der Waals surface area contributed by atoms with E-state index in [-0.39, 0.29) is 0 Å². The Kier molecular flexibility index (Phi) is 2.48. The number of rotatable bonds is 3. The maximum Gasteiger partial charge on any atom is 0.170 e. The van der Waals surface area contributed by atoms with Crippen LogP contribution >= 0.6 is 11.6 Å². The zero-order chi connectivity index (χ0) is 11.8. The van der Waals surface area contributed by atoms with Crippen LogP contribution in [0.4, 0.5) is 0 Å². The lowest BCUT2D eigenvalue weighted by Crippen LogP contribution is -2.02. The third-order valence-electron chi connectivity index (χ3n) is 2.95. The Bertz CT molecular complexity index is 573. The van der Waals surface area contributed by atoms with Gasteiger partial charge in [-0.05, 0) is 31.0 Å². The molecule has 1 saturated carbocycles. The summed E-state index contributed by atoms with van der Waals surface area (Å²) in [6.45, 7) is 0. The number of aromatic nitrogens is 2. The summed E-state index contributed by atoms with van der Waals surface area (Å²) < 4.78 is 1.80. The van der Waals surface area contributed by atoms with Crippen LogP contribution in [0.3, 0.4) is 0 Å². The Morgan fingerprint density at radius 3 is 2.76 bits per heavy atom. The molecule has 2 aromatic rings. The minimum absolute atomic E-state index is 0.465. The van der Waals surface area contributed by atoms with Crippen molar-refractivity contribution in [2.75, 3.05) is 0 Å². The minimum atomic E-state index is 0.465. The second-order valence-corrected chi connectivity index (χ2v) is 4.66. The van der Waals surface area contributed by atoms with Gasteiger partial charge in [0.15, 0.2) is 6.29 Å². The molecule has 4 heteroatoms. The number of benzene rings is 1. The number of carbonyl (C=O) groups excluding carboxylic acids is 1. The van der Waals surface area contributed by atoms with Gasteiger partial charge in [-0.3, -0.25) is 4.79 Å². The topological polar surface area (TPSA) is 34.9 Å². The smallest absolute Gasteiger partial charge is 0.170 e. The first-order valence-electron chi connectivity index (χ1n) is 5.59. The lowest BCUT2D eigenvalue weighted by atomic mass is 10.2. The van der Waals surface area contributed by atoms with E-state index in [1.807, 2.05) is 30.3 Å². The van der Waals surface area contributed by atoms with E-state index in [9.17, 15) is 4.79 Å². The minimum Gasteiger partial charge on any atom is -0.296 e. The van der Waals surface area contributed by atoms with Crippen LogP contribution in [0.2, 0.25) is 5.02 Å². The molecule has 0 radical (unpaired) electrons. The number of hydrogen-bond donors (Lipinski definition) is 0. The van der Waals surface area contributed by atoms with Crippen molar-refractivity contribution in [1.29, 1.82) is 0 Å². The van der Waals surface area contributed by atoms with Crippen LogP contribution in [0.25, 0.3) is 5.69 Å². The Balaban J connectivity index is 2.16. The molecule has 0 bridgehead atoms. The predicted molar refractivity (Wildman–Crippen MR) is 65.9 cm³/mol. The van der Waals surface area contributed by atoms with Gasteiger partial charge in [-0.25, -0.2) is 4.68 Å². The first-order valence-corrected chi connectivity index (χ1v) is 5.97. The molecule has 17 heavy (non-hydrogen) atoms. The van der Waals surface area contributed by atoms with Crippen molar-refractivity contribution in [3.63, 3.8) is 0 Å². The zero-order valence-corrected chi connectivity index (χ0v) is 9.89. The molecule has 1 aromatic heterocycles. The lowest BCUT2D eigenvalue weighted by Gasteiger charge is -2.07. The van der Waals surface area contributed by atoms with E-state index in [1.54, 1.807) is 4.68 Å². The van der Waals surface area contributed by atoms with Gasteiger partial charge in [0.25, 0.3) is 0 Å². The summed E-state index contributed by atoms with van der Waals surface area (Å²) in [7, 11) is 0. The predicted octanol–water partition coefficient (Wildman–Crippen LogP) is 3.22. The Morgan fingerprint density at radius 1 is 1.35 bits per heavy atom. The molecule has 3 nitrogen and oxygen atoms in total. The summed E-state index contributed by atoms with van der Waals surface area (Å²) >= 11 is 6.16. The summed E-state index contributed by atoms with van der Waals surface area (Å²) in [5.41, 5.74) is 2.39. The second-order valence-electron chi connectivity index (χ2n) is 4.25. The molecule has 0 spiro atoms. The maximum atomic E-state index is 10.8. The van der Waals surface area contributed by atoms with Gasteiger partial charge in [-0.1, -0.05) is 23.7 Å². The van der Waals surface area contributed by atoms with Crippen molar-refractivity contribution >= 4 is 17.9 Å². The van der Waals surface area contributed by atoms with E-state index in [1.165, 1.54) is 0 Å². The number of carbonyl (C=O) groups is 1. The first-order chi connectivity index (χ1) is 8.29. The third kappa shape index (κ3) is 1.87. The van der Waals surface area contributed by atoms with Crippen molar-refractivity contribution < 1.29 is 4.79 Å². The number of para-hydroxylation sites is 1. The number of aldehydes is 1. The fourth-order valence-corrected chi connectivity index (χ4v) is 2.17. The van der Waals surface area contributed by atoms with E-state index >= 15 is 0 Å². The highest BCUT2D eigenvalue weighted by molar-refractivity contribution is 6.32. The molecule has 0 N–H and O–H groups in total. The van der Waals surface area contributed by atoms with Gasteiger partial charge in [0.1, 0.15) is 5.69 Å². The fraction of sp³-hybridized carbons (Fsp3) is 0.231. The van der Waals surface area contributed by atoms with Gasteiger partial charge in [0, 0.05) is 11.6 Å². The average molecular weight is 247 g/mol. The largest absolute Gasteiger partial charge is 0.296 e. The van der Waals surface area contributed by atoms with E-state index in [4.69, 9.17) is 11.6 Å². The molecular weight excluding hydrogens is 236 g/mol. The van der Waals surface area contributed by atoms with E-state index in [2.05, 4.69) is 5.10 Å². The highest BCUT2D eigenvalue weighted by Crippen LogP contribution is 2.41. The molecule has 1 aromatic carbocycles. The van der Waals surface area contributed by atoms with Crippen molar-refractivity contribution in [3.05, 3.63) is 46.7 Å². The van der Waals surface area contributed by atoms with Crippen LogP contribution in [0.1, 0.15) is 34.9 Å². The van der Waals surface area contributed by atoms with Gasteiger partial charge in [0.2, 0.25) is 0 Å². The van der Waals surface area contributed by atoms with E-state index in [0.29, 0.717) is 16.6 Å². The van der Waals surface area contributed by atoms with E-state index in [0.717, 1.165) is 30.5 Å². The Hall–Kier alpha value is -1.61. The summed E-state index contributed by atoms with van der Waals surface area (Å²) in [6, 6.07) is 9.40. The van der Waals surface area contributed by atoms with Gasteiger partial charge < -0.3 is 0 Å². The third-order valence-corrected chi connectivity index (χ3v) is 3.27. The molecule has 1 heterocycles. The van der Waals surface area contributed by atoms with Crippen LogP contribution < -0.4 is 0 Å². The lowest BCUT2D eigenvalue weighted by molar-refractivity contribution is 0.111. The monoisotopic (exact) mass is 246 g/mol. The summed E-state index contributed by atoms with van der Waals surface area (Å²) in [6.07, 6.45) is 3.10. The Morgan fingerprint density at radius 2 is 2.12 bits per heavy atom. The van der Waals surface area contributed by atoms with Crippen LogP contribution in [0.15, 0.2) is 30.3 Å². The van der Waals surface area contributed by atoms with E-state index < -0.39 is 0 Å². The average Bonchev–Trinajstić information content (AvgIpc) is 3.10. The van der Waals surface area contributed by atoms with Crippen LogP contribution in [-0.2, 0) is 0 Å². The highest BCUT2D eigenvalue weighted by Gasteiger charge is 2.28. The highest BCUT2D eigenvalue weighted by atomic mass is 35.5. The number of nitrogens with zero attached hydrogens (tertiary/aromatic N) is 2. The Labute approximate surface area is 104 Å². The number of halogens is 1. The molecule has 1 aliphatic rings.